The molecular weight excluding hydrogens is 320 g/mol. The lowest BCUT2D eigenvalue weighted by atomic mass is 9.96. The zero-order valence-electron chi connectivity index (χ0n) is 14.2. The van der Waals surface area contributed by atoms with Crippen LogP contribution in [0.3, 0.4) is 0 Å². The van der Waals surface area contributed by atoms with Gasteiger partial charge in [-0.2, -0.15) is 0 Å². The minimum absolute atomic E-state index is 0.193. The molecule has 0 aliphatic carbocycles. The first-order valence-electron chi connectivity index (χ1n) is 8.10. The smallest absolute Gasteiger partial charge is 0.323 e. The highest BCUT2D eigenvalue weighted by atomic mass is 16.6. The maximum Gasteiger partial charge on any atom is 0.323 e. The molecule has 0 aromatic carbocycles. The molecule has 1 heterocycles. The average Bonchev–Trinajstić information content (AvgIpc) is 2.52. The number of esters is 1. The SMILES string of the molecule is CCCC(=O)NC1C(O)OC(CO)C(O)C1OC(=O)[C@@H](N)C(C)C. The van der Waals surface area contributed by atoms with E-state index < -0.39 is 49.3 Å². The van der Waals surface area contributed by atoms with Gasteiger partial charge >= 0.3 is 5.97 Å². The number of aliphatic hydroxyl groups is 3. The first kappa shape index (κ1) is 20.8. The van der Waals surface area contributed by atoms with Crippen molar-refractivity contribution in [2.45, 2.75) is 70.3 Å². The van der Waals surface area contributed by atoms with Crippen molar-refractivity contribution in [1.82, 2.24) is 5.32 Å². The van der Waals surface area contributed by atoms with E-state index in [-0.39, 0.29) is 18.2 Å². The average molecular weight is 348 g/mol. The predicted molar refractivity (Wildman–Crippen MR) is 83.5 cm³/mol. The molecule has 1 aliphatic heterocycles. The first-order valence-corrected chi connectivity index (χ1v) is 8.10. The molecule has 5 unspecified atom stereocenters. The third kappa shape index (κ3) is 5.12. The summed E-state index contributed by atoms with van der Waals surface area (Å²) in [6.45, 7) is 4.69. The molecule has 1 aliphatic rings. The van der Waals surface area contributed by atoms with E-state index in [1.54, 1.807) is 13.8 Å². The minimum atomic E-state index is -1.54. The summed E-state index contributed by atoms with van der Waals surface area (Å²) >= 11 is 0. The zero-order valence-corrected chi connectivity index (χ0v) is 14.2. The second-order valence-electron chi connectivity index (χ2n) is 6.25. The van der Waals surface area contributed by atoms with Gasteiger partial charge in [0.05, 0.1) is 6.61 Å². The molecule has 6 atom stereocenters. The summed E-state index contributed by atoms with van der Waals surface area (Å²) in [5.41, 5.74) is 5.73. The fraction of sp³-hybridized carbons (Fsp3) is 0.867. The largest absolute Gasteiger partial charge is 0.456 e. The van der Waals surface area contributed by atoms with Gasteiger partial charge in [0, 0.05) is 6.42 Å². The van der Waals surface area contributed by atoms with E-state index >= 15 is 0 Å². The van der Waals surface area contributed by atoms with E-state index in [0.29, 0.717) is 6.42 Å². The molecule has 6 N–H and O–H groups in total. The Balaban J connectivity index is 2.94. The molecule has 1 amide bonds. The van der Waals surface area contributed by atoms with Crippen molar-refractivity contribution in [3.63, 3.8) is 0 Å². The number of hydrogen-bond acceptors (Lipinski definition) is 8. The van der Waals surface area contributed by atoms with Crippen LogP contribution in [0.4, 0.5) is 0 Å². The summed E-state index contributed by atoms with van der Waals surface area (Å²) in [4.78, 5) is 23.9. The monoisotopic (exact) mass is 348 g/mol. The van der Waals surface area contributed by atoms with E-state index in [1.807, 2.05) is 6.92 Å². The number of aliphatic hydroxyl groups excluding tert-OH is 3. The highest BCUT2D eigenvalue weighted by Gasteiger charge is 2.47. The van der Waals surface area contributed by atoms with Crippen molar-refractivity contribution in [2.75, 3.05) is 6.61 Å². The number of amides is 1. The Labute approximate surface area is 141 Å². The molecule has 140 valence electrons. The number of ether oxygens (including phenoxy) is 2. The molecule has 9 heteroatoms. The first-order chi connectivity index (χ1) is 11.2. The lowest BCUT2D eigenvalue weighted by Gasteiger charge is -2.42. The Bertz CT molecular complexity index is 432. The van der Waals surface area contributed by atoms with E-state index in [1.165, 1.54) is 0 Å². The van der Waals surface area contributed by atoms with E-state index in [4.69, 9.17) is 15.2 Å². The number of nitrogens with one attached hydrogen (secondary N) is 1. The van der Waals surface area contributed by atoms with E-state index in [2.05, 4.69) is 5.32 Å². The van der Waals surface area contributed by atoms with E-state index in [9.17, 15) is 24.9 Å². The Hall–Kier alpha value is -1.26. The predicted octanol–water partition coefficient (Wildman–Crippen LogP) is -1.76. The molecule has 0 spiro atoms. The second kappa shape index (κ2) is 9.28. The van der Waals surface area contributed by atoms with Gasteiger partial charge in [0.1, 0.15) is 24.3 Å². The number of carbonyl (C=O) groups excluding carboxylic acids is 2. The van der Waals surface area contributed by atoms with Gasteiger partial charge in [0.25, 0.3) is 0 Å². The molecule has 1 fully saturated rings. The topological polar surface area (TPSA) is 151 Å². The molecule has 0 aromatic heterocycles. The van der Waals surface area contributed by atoms with Crippen LogP contribution >= 0.6 is 0 Å². The summed E-state index contributed by atoms with van der Waals surface area (Å²) in [5.74, 6) is -1.34. The molecule has 0 radical (unpaired) electrons. The second-order valence-corrected chi connectivity index (χ2v) is 6.25. The standard InChI is InChI=1S/C15H28N2O7/c1-4-5-9(19)17-11-13(24-14(21)10(16)7(2)3)12(20)8(6-18)23-15(11)22/h7-8,10-13,15,18,20,22H,4-6,16H2,1-3H3,(H,17,19)/t8?,10-,11?,12?,13?,15?/m0/s1. The minimum Gasteiger partial charge on any atom is -0.456 e. The van der Waals surface area contributed by atoms with Gasteiger partial charge in [-0.15, -0.1) is 0 Å². The third-order valence-corrected chi connectivity index (χ3v) is 3.92. The van der Waals surface area contributed by atoms with Crippen LogP contribution in [-0.4, -0.2) is 70.5 Å². The van der Waals surface area contributed by atoms with Crippen LogP contribution in [0.15, 0.2) is 0 Å². The van der Waals surface area contributed by atoms with Crippen LogP contribution in [0.1, 0.15) is 33.6 Å². The van der Waals surface area contributed by atoms with Gasteiger partial charge in [-0.3, -0.25) is 9.59 Å². The van der Waals surface area contributed by atoms with Crippen molar-refractivity contribution < 1.29 is 34.4 Å². The summed E-state index contributed by atoms with van der Waals surface area (Å²) in [7, 11) is 0. The highest BCUT2D eigenvalue weighted by Crippen LogP contribution is 2.23. The van der Waals surface area contributed by atoms with Gasteiger partial charge in [0.15, 0.2) is 12.4 Å². The van der Waals surface area contributed by atoms with Gasteiger partial charge in [0.2, 0.25) is 5.91 Å². The molecule has 0 saturated carbocycles. The normalized spacial score (nSPS) is 31.6. The van der Waals surface area contributed by atoms with Crippen LogP contribution in [0.2, 0.25) is 0 Å². The maximum atomic E-state index is 12.1. The third-order valence-electron chi connectivity index (χ3n) is 3.92. The van der Waals surface area contributed by atoms with Crippen LogP contribution in [0.25, 0.3) is 0 Å². The zero-order chi connectivity index (χ0) is 18.4. The van der Waals surface area contributed by atoms with E-state index in [0.717, 1.165) is 0 Å². The molecule has 0 bridgehead atoms. The van der Waals surface area contributed by atoms with Crippen LogP contribution < -0.4 is 11.1 Å². The van der Waals surface area contributed by atoms with Crippen molar-refractivity contribution in [2.24, 2.45) is 11.7 Å². The van der Waals surface area contributed by atoms with Crippen LogP contribution in [-0.2, 0) is 19.1 Å². The summed E-state index contributed by atoms with van der Waals surface area (Å²) in [6.07, 6.45) is -4.61. The Kier molecular flexibility index (Phi) is 8.04. The molecule has 1 rings (SSSR count). The number of nitrogens with two attached hydrogens (primary N) is 1. The molecule has 9 nitrogen and oxygen atoms in total. The van der Waals surface area contributed by atoms with Gasteiger partial charge < -0.3 is 35.8 Å². The lowest BCUT2D eigenvalue weighted by Crippen LogP contribution is -2.65. The highest BCUT2D eigenvalue weighted by molar-refractivity contribution is 5.77. The number of hydrogen-bond donors (Lipinski definition) is 5. The molecule has 0 aromatic rings. The van der Waals surface area contributed by atoms with Gasteiger partial charge in [-0.25, -0.2) is 0 Å². The molecule has 1 saturated heterocycles. The molecular formula is C15H28N2O7. The van der Waals surface area contributed by atoms with Gasteiger partial charge in [-0.1, -0.05) is 20.8 Å². The van der Waals surface area contributed by atoms with Crippen molar-refractivity contribution in [3.8, 4) is 0 Å². The van der Waals surface area contributed by atoms with Crippen molar-refractivity contribution >= 4 is 11.9 Å². The quantitative estimate of drug-likeness (QED) is 0.339. The van der Waals surface area contributed by atoms with Crippen LogP contribution in [0.5, 0.6) is 0 Å². The summed E-state index contributed by atoms with van der Waals surface area (Å²) < 4.78 is 10.3. The number of carbonyl (C=O) groups is 2. The van der Waals surface area contributed by atoms with Crippen LogP contribution in [0, 0.1) is 5.92 Å². The molecule has 24 heavy (non-hydrogen) atoms. The fourth-order valence-electron chi connectivity index (χ4n) is 2.35. The summed E-state index contributed by atoms with van der Waals surface area (Å²) in [6, 6.07) is -2.08. The summed E-state index contributed by atoms with van der Waals surface area (Å²) in [5, 5.41) is 32.0. The Morgan fingerprint density at radius 2 is 1.96 bits per heavy atom. The Morgan fingerprint density at radius 3 is 2.46 bits per heavy atom. The van der Waals surface area contributed by atoms with Crippen molar-refractivity contribution in [1.29, 1.82) is 0 Å². The fourth-order valence-corrected chi connectivity index (χ4v) is 2.35. The van der Waals surface area contributed by atoms with Gasteiger partial charge in [-0.05, 0) is 12.3 Å². The Morgan fingerprint density at radius 1 is 1.33 bits per heavy atom. The maximum absolute atomic E-state index is 12.1. The lowest BCUT2D eigenvalue weighted by molar-refractivity contribution is -0.259. The van der Waals surface area contributed by atoms with Crippen molar-refractivity contribution in [3.05, 3.63) is 0 Å². The number of rotatable bonds is 7.